The van der Waals surface area contributed by atoms with Gasteiger partial charge in [-0.2, -0.15) is 0 Å². The first-order chi connectivity index (χ1) is 26.0. The number of Topliss-reactive ketones (excluding diaryl/α,β-unsaturated/α-hetero) is 1. The molecule has 8 aliphatic rings. The minimum Gasteiger partial charge on any atom is -0.452 e. The van der Waals surface area contributed by atoms with Crippen molar-refractivity contribution in [2.75, 3.05) is 0 Å². The molecule has 0 spiro atoms. The number of aliphatic hydroxyl groups excluding tert-OH is 1. The second kappa shape index (κ2) is 16.5. The first-order valence-electron chi connectivity index (χ1n) is 24.1. The van der Waals surface area contributed by atoms with Gasteiger partial charge >= 0.3 is 5.97 Å². The highest BCUT2D eigenvalue weighted by Gasteiger charge is 2.62. The van der Waals surface area contributed by atoms with Gasteiger partial charge in [-0.05, 0) is 228 Å². The molecule has 1 N–H and O–H groups in total. The van der Waals surface area contributed by atoms with Crippen LogP contribution >= 0.6 is 9.47 Å². The largest absolute Gasteiger partial charge is 0.452 e. The van der Waals surface area contributed by atoms with Gasteiger partial charge < -0.3 is 14.4 Å². The summed E-state index contributed by atoms with van der Waals surface area (Å²) in [7, 11) is 2.11. The van der Waals surface area contributed by atoms with Crippen molar-refractivity contribution in [3.8, 4) is 0 Å². The van der Waals surface area contributed by atoms with Gasteiger partial charge in [-0.25, -0.2) is 0 Å². The van der Waals surface area contributed by atoms with Crippen molar-refractivity contribution in [3.05, 3.63) is 0 Å². The van der Waals surface area contributed by atoms with Gasteiger partial charge in [-0.1, -0.05) is 54.9 Å². The quantitative estimate of drug-likeness (QED) is 0.249. The van der Waals surface area contributed by atoms with Crippen molar-refractivity contribution in [1.29, 1.82) is 0 Å². The van der Waals surface area contributed by atoms with Crippen LogP contribution in [0.2, 0.25) is 0 Å². The second-order valence-electron chi connectivity index (χ2n) is 23.3. The average Bonchev–Trinajstić information content (AvgIpc) is 3.70. The number of ketones is 1. The van der Waals surface area contributed by atoms with Gasteiger partial charge in [0.2, 0.25) is 0 Å². The van der Waals surface area contributed by atoms with Crippen molar-refractivity contribution in [1.82, 2.24) is 0 Å². The van der Waals surface area contributed by atoms with Gasteiger partial charge in [-0.15, -0.1) is 0 Å². The zero-order valence-corrected chi connectivity index (χ0v) is 38.0. The molecule has 8 fully saturated rings. The number of fused-ring (bicyclic) bond motifs is 10. The fourth-order valence-electron chi connectivity index (χ4n) is 17.9. The van der Waals surface area contributed by atoms with Crippen LogP contribution in [0.15, 0.2) is 0 Å². The van der Waals surface area contributed by atoms with Crippen LogP contribution < -0.4 is 0 Å². The van der Waals surface area contributed by atoms with Gasteiger partial charge in [0.1, 0.15) is 5.78 Å². The van der Waals surface area contributed by atoms with E-state index in [9.17, 15) is 14.7 Å². The number of carbonyl (C=O) groups is 2. The van der Waals surface area contributed by atoms with Gasteiger partial charge in [0, 0.05) is 12.8 Å². The molecule has 8 rings (SSSR count). The minimum absolute atomic E-state index is 0.0357. The van der Waals surface area contributed by atoms with Gasteiger partial charge in [0.25, 0.3) is 0 Å². The molecule has 0 bridgehead atoms. The van der Waals surface area contributed by atoms with Gasteiger partial charge in [0.15, 0.2) is 0 Å². The van der Waals surface area contributed by atoms with E-state index in [1.165, 1.54) is 103 Å². The number of aliphatic hydroxyl groups is 1. The maximum Gasteiger partial charge on any atom is 0.307 e. The summed E-state index contributed by atoms with van der Waals surface area (Å²) in [5.41, 5.74) is 2.14. The van der Waals surface area contributed by atoms with Crippen LogP contribution in [-0.4, -0.2) is 23.0 Å². The van der Waals surface area contributed by atoms with Gasteiger partial charge in [0.05, 0.1) is 15.6 Å². The number of rotatable bonds is 8. The number of hydrogen-bond donors (Lipinski definition) is 1. The van der Waals surface area contributed by atoms with Gasteiger partial charge in [-0.3, -0.25) is 4.79 Å². The summed E-state index contributed by atoms with van der Waals surface area (Å²) in [5, 5.41) is 10.2. The maximum atomic E-state index is 11.6. The summed E-state index contributed by atoms with van der Waals surface area (Å²) in [5.74, 6) is 11.6. The lowest BCUT2D eigenvalue weighted by Gasteiger charge is -2.61. The van der Waals surface area contributed by atoms with E-state index in [1.807, 2.05) is 0 Å². The Morgan fingerprint density at radius 2 is 1.07 bits per heavy atom. The van der Waals surface area contributed by atoms with E-state index in [0.717, 1.165) is 97.2 Å². The van der Waals surface area contributed by atoms with Crippen LogP contribution in [-0.2, 0) is 14.1 Å². The number of hydrogen-bond acceptors (Lipinski definition) is 4. The molecule has 0 aliphatic heterocycles. The zero-order chi connectivity index (χ0) is 39.5. The summed E-state index contributed by atoms with van der Waals surface area (Å²) >= 11 is 0. The molecule has 0 aromatic heterocycles. The van der Waals surface area contributed by atoms with E-state index in [1.54, 1.807) is 6.92 Å². The Morgan fingerprint density at radius 3 is 1.58 bits per heavy atom. The highest BCUT2D eigenvalue weighted by Crippen LogP contribution is 2.70. The predicted octanol–water partition coefficient (Wildman–Crippen LogP) is 13.0. The summed E-state index contributed by atoms with van der Waals surface area (Å²) < 4.78 is 4.81. The first kappa shape index (κ1) is 42.6. The molecule has 0 aromatic carbocycles. The average molecular weight is 781 g/mol. The van der Waals surface area contributed by atoms with E-state index in [-0.39, 0.29) is 12.1 Å². The van der Waals surface area contributed by atoms with Crippen molar-refractivity contribution in [3.63, 3.8) is 0 Å². The molecule has 0 aromatic rings. The summed E-state index contributed by atoms with van der Waals surface area (Å²) in [4.78, 5) is 23.1. The molecule has 0 heterocycles. The topological polar surface area (TPSA) is 63.6 Å². The monoisotopic (exact) mass is 781 g/mol. The Bertz CT molecular complexity index is 1360. The Labute approximate surface area is 340 Å². The van der Waals surface area contributed by atoms with Crippen LogP contribution in [0.5, 0.6) is 0 Å². The lowest BCUT2D eigenvalue weighted by Crippen LogP contribution is -2.54. The summed E-state index contributed by atoms with van der Waals surface area (Å²) in [6.07, 6.45) is 28.3. The van der Waals surface area contributed by atoms with Crippen molar-refractivity contribution in [2.45, 2.75) is 203 Å². The van der Waals surface area contributed by atoms with Crippen LogP contribution in [0.25, 0.3) is 0 Å². The van der Waals surface area contributed by atoms with Crippen molar-refractivity contribution < 1.29 is 19.2 Å². The number of carbonyl (C=O) groups excluding carboxylic acids is 2. The highest BCUT2D eigenvalue weighted by atomic mass is 31.0. The molecule has 19 atom stereocenters. The Hall–Kier alpha value is -0.470. The minimum atomic E-state index is -0.0713. The lowest BCUT2D eigenvalue weighted by atomic mass is 9.44. The van der Waals surface area contributed by atoms with E-state index >= 15 is 0 Å². The fraction of sp³-hybridized carbons (Fsp3) is 0.960. The SMILES string of the molecule is CC(=O)CC[C@@H](C)[C@H]1CCC2C3CC[C@@H]4C[C@H](O)CC[C@]4(C)C3CC[C@@]21C.C[C@@H]1CC[C@]2(C)C3CC[C@@]4(C)C(CC[C@@H]4[C@H](C)CCC(=O)OP)C3CC[C@@H]2C1. The van der Waals surface area contributed by atoms with Crippen LogP contribution in [0.3, 0.4) is 0 Å². The molecule has 314 valence electrons. The van der Waals surface area contributed by atoms with Crippen molar-refractivity contribution >= 4 is 21.2 Å². The first-order valence-corrected chi connectivity index (χ1v) is 24.6. The molecule has 0 saturated heterocycles. The van der Waals surface area contributed by atoms with Crippen LogP contribution in [0.4, 0.5) is 0 Å². The Balaban J connectivity index is 0.000000169. The smallest absolute Gasteiger partial charge is 0.307 e. The molecule has 55 heavy (non-hydrogen) atoms. The second-order valence-corrected chi connectivity index (χ2v) is 23.5. The van der Waals surface area contributed by atoms with E-state index < -0.39 is 0 Å². The summed E-state index contributed by atoms with van der Waals surface area (Å²) in [6, 6.07) is 0. The molecular formula is C50H85O4P. The molecule has 8 aliphatic carbocycles. The summed E-state index contributed by atoms with van der Waals surface area (Å²) in [6.45, 7) is 19.6. The Morgan fingerprint density at radius 1 is 0.618 bits per heavy atom. The third kappa shape index (κ3) is 7.74. The highest BCUT2D eigenvalue weighted by molar-refractivity contribution is 7.10. The molecule has 0 amide bonds. The molecular weight excluding hydrogens is 696 g/mol. The van der Waals surface area contributed by atoms with Crippen LogP contribution in [0, 0.1) is 98.6 Å². The van der Waals surface area contributed by atoms with E-state index in [0.29, 0.717) is 45.7 Å². The van der Waals surface area contributed by atoms with Crippen molar-refractivity contribution in [2.24, 2.45) is 98.6 Å². The van der Waals surface area contributed by atoms with Crippen LogP contribution in [0.1, 0.15) is 197 Å². The Kier molecular flexibility index (Phi) is 12.8. The normalized spacial score (nSPS) is 49.6. The fourth-order valence-corrected chi connectivity index (χ4v) is 18.0. The van der Waals surface area contributed by atoms with E-state index in [4.69, 9.17) is 4.52 Å². The lowest BCUT2D eigenvalue weighted by molar-refractivity contribution is -0.134. The molecule has 5 heteroatoms. The predicted molar refractivity (Wildman–Crippen MR) is 229 cm³/mol. The van der Waals surface area contributed by atoms with E-state index in [2.05, 4.69) is 57.9 Å². The third-order valence-electron chi connectivity index (χ3n) is 21.0. The zero-order valence-electron chi connectivity index (χ0n) is 36.9. The third-order valence-corrected chi connectivity index (χ3v) is 21.2. The molecule has 4 nitrogen and oxygen atoms in total. The molecule has 8 saturated carbocycles. The maximum absolute atomic E-state index is 11.6. The molecule has 0 radical (unpaired) electrons. The molecule has 7 unspecified atom stereocenters. The standard InChI is InChI=1S/C25H43O2P.C25H42O2/c1-16-11-13-24(3)18(15-16)6-7-19-21-9-8-20(17(2)5-10-23(26)27-28)25(21,4)14-12-22(19)24;1-16(5-6-17(2)26)21-9-10-22-20-8-7-18-15-19(27)11-13-24(18,3)23(20)12-14-25(21,22)4/h16-22H,5-15,28H2,1-4H3;16,18-23,27H,5-15H2,1-4H3/t16-,17-,18-,19?,20-,21?,22?,24+,25-;16-,18-,19-,20?,21-,22?,23?,24+,25-/m11/s1.